The molecule has 0 saturated heterocycles. The van der Waals surface area contributed by atoms with Gasteiger partial charge in [0, 0.05) is 12.3 Å². The first-order chi connectivity index (χ1) is 8.56. The average molecular weight is 274 g/mol. The molecule has 0 aliphatic carbocycles. The summed E-state index contributed by atoms with van der Waals surface area (Å²) in [4.78, 5) is 19.9. The monoisotopic (exact) mass is 273 g/mol. The first kappa shape index (κ1) is 16.2. The lowest BCUT2D eigenvalue weighted by atomic mass is 10.2. The van der Waals surface area contributed by atoms with Crippen LogP contribution in [0, 0.1) is 0 Å². The van der Waals surface area contributed by atoms with Crippen molar-refractivity contribution in [3.05, 3.63) is 35.9 Å². The summed E-state index contributed by atoms with van der Waals surface area (Å²) in [6.45, 7) is 0.246. The molecule has 100 valence electrons. The Hall–Kier alpha value is -1.75. The summed E-state index contributed by atoms with van der Waals surface area (Å²) in [5.74, 6) is -0.340. The minimum atomic E-state index is -0.777. The maximum absolute atomic E-state index is 10.2. The second kappa shape index (κ2) is 10.4. The third-order valence-corrected chi connectivity index (χ3v) is 2.02. The van der Waals surface area contributed by atoms with Crippen LogP contribution >= 0.6 is 11.6 Å². The number of hydrogen-bond donors (Lipinski definition) is 2. The van der Waals surface area contributed by atoms with Crippen molar-refractivity contribution >= 4 is 23.7 Å². The van der Waals surface area contributed by atoms with Crippen LogP contribution in [0.2, 0.25) is 0 Å². The van der Waals surface area contributed by atoms with Crippen molar-refractivity contribution in [1.29, 1.82) is 0 Å². The van der Waals surface area contributed by atoms with Crippen LogP contribution in [0.3, 0.4) is 0 Å². The molecule has 0 aliphatic rings. The van der Waals surface area contributed by atoms with Crippen molar-refractivity contribution in [2.45, 2.75) is 19.4 Å². The van der Waals surface area contributed by atoms with E-state index in [4.69, 9.17) is 22.4 Å². The molecule has 0 fully saturated rings. The third kappa shape index (κ3) is 10.8. The summed E-state index contributed by atoms with van der Waals surface area (Å²) in [5.41, 5.74) is 5.72. The van der Waals surface area contributed by atoms with Gasteiger partial charge in [0.15, 0.2) is 0 Å². The van der Waals surface area contributed by atoms with E-state index in [2.05, 4.69) is 4.74 Å². The second-order valence-corrected chi connectivity index (χ2v) is 3.66. The Labute approximate surface area is 111 Å². The number of alkyl halides is 1. The van der Waals surface area contributed by atoms with Gasteiger partial charge in [0.25, 0.3) is 0 Å². The first-order valence-electron chi connectivity index (χ1n) is 5.30. The molecule has 1 amide bonds. The minimum Gasteiger partial charge on any atom is -0.481 e. The number of carbonyl (C=O) groups excluding carboxylic acids is 1. The van der Waals surface area contributed by atoms with E-state index in [1.807, 2.05) is 30.3 Å². The number of carbonyl (C=O) groups is 2. The number of hydrogen-bond acceptors (Lipinski definition) is 3. The van der Waals surface area contributed by atoms with E-state index in [0.717, 1.165) is 5.56 Å². The van der Waals surface area contributed by atoms with Gasteiger partial charge in [0.2, 0.25) is 0 Å². The lowest BCUT2D eigenvalue weighted by Crippen LogP contribution is -2.12. The molecular weight excluding hydrogens is 258 g/mol. The van der Waals surface area contributed by atoms with Crippen molar-refractivity contribution in [3.8, 4) is 0 Å². The molecule has 0 spiro atoms. The molecule has 0 bridgehead atoms. The van der Waals surface area contributed by atoms with Gasteiger partial charge >= 0.3 is 12.1 Å². The normalized spacial score (nSPS) is 8.94. The van der Waals surface area contributed by atoms with Gasteiger partial charge in [-0.05, 0) is 12.0 Å². The second-order valence-electron chi connectivity index (χ2n) is 3.28. The lowest BCUT2D eigenvalue weighted by Gasteiger charge is -1.99. The number of amides is 1. The molecular formula is C12H16ClNO4. The van der Waals surface area contributed by atoms with Crippen LogP contribution in [0.4, 0.5) is 4.79 Å². The number of ether oxygens (including phenoxy) is 1. The fraction of sp³-hybridized carbons (Fsp3) is 0.333. The molecule has 0 atom stereocenters. The topological polar surface area (TPSA) is 89.6 Å². The van der Waals surface area contributed by atoms with Gasteiger partial charge in [-0.25, -0.2) is 4.79 Å². The SMILES string of the molecule is NC(=O)OCc1ccccc1.O=C(O)CCCCl. The number of carboxylic acid groups (broad SMARTS) is 1. The Morgan fingerprint density at radius 3 is 2.28 bits per heavy atom. The fourth-order valence-electron chi connectivity index (χ4n) is 0.947. The molecule has 1 aromatic rings. The van der Waals surface area contributed by atoms with Crippen LogP contribution in [0.5, 0.6) is 0 Å². The summed E-state index contributed by atoms with van der Waals surface area (Å²) in [5, 5.41) is 7.99. The number of benzene rings is 1. The van der Waals surface area contributed by atoms with Crippen LogP contribution in [0.15, 0.2) is 30.3 Å². The van der Waals surface area contributed by atoms with E-state index in [1.54, 1.807) is 0 Å². The van der Waals surface area contributed by atoms with Crippen LogP contribution in [0.1, 0.15) is 18.4 Å². The highest BCUT2D eigenvalue weighted by Crippen LogP contribution is 1.99. The molecule has 1 rings (SSSR count). The Morgan fingerprint density at radius 2 is 1.89 bits per heavy atom. The van der Waals surface area contributed by atoms with Crippen molar-refractivity contribution in [1.82, 2.24) is 0 Å². The van der Waals surface area contributed by atoms with E-state index < -0.39 is 12.1 Å². The minimum absolute atomic E-state index is 0.184. The molecule has 5 nitrogen and oxygen atoms in total. The maximum atomic E-state index is 10.2. The summed E-state index contributed by atoms with van der Waals surface area (Å²) in [6, 6.07) is 9.37. The summed E-state index contributed by atoms with van der Waals surface area (Å²) in [7, 11) is 0. The Balaban J connectivity index is 0.000000360. The van der Waals surface area contributed by atoms with Crippen molar-refractivity contribution in [2.24, 2.45) is 5.73 Å². The molecule has 6 heteroatoms. The highest BCUT2D eigenvalue weighted by molar-refractivity contribution is 6.17. The van der Waals surface area contributed by atoms with Crippen molar-refractivity contribution < 1.29 is 19.4 Å². The number of rotatable bonds is 5. The Morgan fingerprint density at radius 1 is 1.28 bits per heavy atom. The van der Waals surface area contributed by atoms with Gasteiger partial charge in [-0.15, -0.1) is 11.6 Å². The van der Waals surface area contributed by atoms with E-state index in [0.29, 0.717) is 12.3 Å². The van der Waals surface area contributed by atoms with Crippen LogP contribution in [0.25, 0.3) is 0 Å². The smallest absolute Gasteiger partial charge is 0.404 e. The highest BCUT2D eigenvalue weighted by atomic mass is 35.5. The molecule has 0 heterocycles. The molecule has 0 radical (unpaired) electrons. The molecule has 0 unspecified atom stereocenters. The summed E-state index contributed by atoms with van der Waals surface area (Å²) < 4.78 is 4.57. The lowest BCUT2D eigenvalue weighted by molar-refractivity contribution is -0.137. The average Bonchev–Trinajstić information content (AvgIpc) is 2.36. The number of primary amides is 1. The van der Waals surface area contributed by atoms with E-state index in [-0.39, 0.29) is 13.0 Å². The fourth-order valence-corrected chi connectivity index (χ4v) is 1.08. The number of carboxylic acids is 1. The zero-order valence-corrected chi connectivity index (χ0v) is 10.6. The third-order valence-electron chi connectivity index (χ3n) is 1.75. The zero-order chi connectivity index (χ0) is 13.8. The predicted octanol–water partition coefficient (Wildman–Crippen LogP) is 2.37. The van der Waals surface area contributed by atoms with Gasteiger partial charge in [-0.3, -0.25) is 4.79 Å². The Kier molecular flexibility index (Phi) is 9.40. The first-order valence-corrected chi connectivity index (χ1v) is 5.83. The molecule has 18 heavy (non-hydrogen) atoms. The summed E-state index contributed by atoms with van der Waals surface area (Å²) in [6.07, 6.45) is 0.00858. The van der Waals surface area contributed by atoms with Crippen LogP contribution in [-0.4, -0.2) is 23.0 Å². The van der Waals surface area contributed by atoms with E-state index in [9.17, 15) is 9.59 Å². The maximum Gasteiger partial charge on any atom is 0.404 e. The molecule has 0 aromatic heterocycles. The predicted molar refractivity (Wildman–Crippen MR) is 68.4 cm³/mol. The molecule has 1 aromatic carbocycles. The molecule has 0 aliphatic heterocycles. The van der Waals surface area contributed by atoms with Gasteiger partial charge in [-0.1, -0.05) is 30.3 Å². The highest BCUT2D eigenvalue weighted by Gasteiger charge is 1.93. The van der Waals surface area contributed by atoms with E-state index in [1.165, 1.54) is 0 Å². The van der Waals surface area contributed by atoms with Gasteiger partial charge in [0.05, 0.1) is 0 Å². The quantitative estimate of drug-likeness (QED) is 0.806. The Bertz CT molecular complexity index is 356. The van der Waals surface area contributed by atoms with Gasteiger partial charge in [0.1, 0.15) is 6.61 Å². The van der Waals surface area contributed by atoms with Crippen LogP contribution in [-0.2, 0) is 16.1 Å². The van der Waals surface area contributed by atoms with Crippen molar-refractivity contribution in [3.63, 3.8) is 0 Å². The largest absolute Gasteiger partial charge is 0.481 e. The number of aliphatic carboxylic acids is 1. The van der Waals surface area contributed by atoms with Gasteiger partial charge in [-0.2, -0.15) is 0 Å². The number of halogens is 1. The molecule has 0 saturated carbocycles. The van der Waals surface area contributed by atoms with Crippen molar-refractivity contribution in [2.75, 3.05) is 5.88 Å². The zero-order valence-electron chi connectivity index (χ0n) is 9.84. The standard InChI is InChI=1S/C8H9NO2.C4H7ClO2/c9-8(10)11-6-7-4-2-1-3-5-7;5-3-1-2-4(6)7/h1-5H,6H2,(H2,9,10);1-3H2,(H,6,7). The van der Waals surface area contributed by atoms with E-state index >= 15 is 0 Å². The molecule has 3 N–H and O–H groups in total. The number of nitrogens with two attached hydrogens (primary N) is 1. The van der Waals surface area contributed by atoms with Gasteiger partial charge < -0.3 is 15.6 Å². The van der Waals surface area contributed by atoms with Crippen LogP contribution < -0.4 is 5.73 Å². The summed E-state index contributed by atoms with van der Waals surface area (Å²) >= 11 is 5.18.